The molecule has 1 aromatic carbocycles. The molecule has 0 atom stereocenters. The number of benzene rings is 1. The van der Waals surface area contributed by atoms with Gasteiger partial charge in [0.25, 0.3) is 0 Å². The fraction of sp³-hybridized carbons (Fsp3) is 0.143. The van der Waals surface area contributed by atoms with Crippen molar-refractivity contribution in [2.24, 2.45) is 0 Å². The van der Waals surface area contributed by atoms with Crippen molar-refractivity contribution in [3.05, 3.63) is 35.9 Å². The molecule has 0 aromatic heterocycles. The molecule has 0 nitrogen and oxygen atoms in total. The van der Waals surface area contributed by atoms with E-state index in [9.17, 15) is 13.2 Å². The Balaban J connectivity index is 0.000001000. The van der Waals surface area contributed by atoms with Crippen molar-refractivity contribution in [1.82, 2.24) is 0 Å². The number of hydrogen-bond acceptors (Lipinski definition) is 0. The van der Waals surface area contributed by atoms with Crippen LogP contribution in [0.15, 0.2) is 24.3 Å². The van der Waals surface area contributed by atoms with Gasteiger partial charge in [-0.15, -0.1) is 0 Å². The third-order valence-corrected chi connectivity index (χ3v) is 1.01. The summed E-state index contributed by atoms with van der Waals surface area (Å²) in [5, 5.41) is 0. The first kappa shape index (κ1) is 11.6. The molecule has 0 bridgehead atoms. The zero-order valence-electron chi connectivity index (χ0n) is 5.94. The van der Waals surface area contributed by atoms with Crippen LogP contribution >= 0.6 is 0 Å². The fourth-order valence-corrected chi connectivity index (χ4v) is 0.570. The van der Waals surface area contributed by atoms with Crippen molar-refractivity contribution >= 4 is 0 Å². The van der Waals surface area contributed by atoms with Crippen LogP contribution in [0.25, 0.3) is 0 Å². The minimum Gasteiger partial charge on any atom is -0.176 e. The summed E-state index contributed by atoms with van der Waals surface area (Å²) < 4.78 is 35.3. The summed E-state index contributed by atoms with van der Waals surface area (Å²) >= 11 is 0. The standard InChI is InChI=1S/C7H4F3.K/c8-7(9,10)6-4-2-1-3-5-6;/h1-4H;/q-1;+1. The van der Waals surface area contributed by atoms with Gasteiger partial charge in [0.1, 0.15) is 0 Å². The topological polar surface area (TPSA) is 0 Å². The molecule has 0 fully saturated rings. The monoisotopic (exact) mass is 184 g/mol. The van der Waals surface area contributed by atoms with E-state index in [1.807, 2.05) is 0 Å². The van der Waals surface area contributed by atoms with Crippen LogP contribution in [-0.2, 0) is 6.18 Å². The van der Waals surface area contributed by atoms with Crippen LogP contribution in [0.4, 0.5) is 13.2 Å². The molecule has 0 heterocycles. The molecule has 1 aromatic rings. The van der Waals surface area contributed by atoms with Crippen LogP contribution in [0, 0.1) is 6.07 Å². The summed E-state index contributed by atoms with van der Waals surface area (Å²) in [6.45, 7) is 0. The SMILES string of the molecule is FC(F)(F)c1[c-]cccc1.[K+]. The maximum absolute atomic E-state index is 11.8. The number of rotatable bonds is 0. The zero-order valence-corrected chi connectivity index (χ0v) is 9.07. The van der Waals surface area contributed by atoms with Gasteiger partial charge in [-0.05, 0) is 0 Å². The summed E-state index contributed by atoms with van der Waals surface area (Å²) in [4.78, 5) is 0. The molecule has 0 saturated heterocycles. The van der Waals surface area contributed by atoms with Gasteiger partial charge in [0.05, 0.1) is 0 Å². The molecular weight excluding hydrogens is 180 g/mol. The molecule has 0 amide bonds. The smallest absolute Gasteiger partial charge is 0.176 e. The van der Waals surface area contributed by atoms with Gasteiger partial charge in [0.15, 0.2) is 0 Å². The van der Waals surface area contributed by atoms with E-state index in [0.717, 1.165) is 6.07 Å². The van der Waals surface area contributed by atoms with Crippen molar-refractivity contribution in [2.75, 3.05) is 0 Å². The second-order valence-electron chi connectivity index (χ2n) is 1.77. The summed E-state index contributed by atoms with van der Waals surface area (Å²) in [5.74, 6) is 0. The first-order valence-electron chi connectivity index (χ1n) is 2.64. The fourth-order valence-electron chi connectivity index (χ4n) is 0.570. The van der Waals surface area contributed by atoms with Gasteiger partial charge >= 0.3 is 57.6 Å². The molecule has 0 aliphatic carbocycles. The van der Waals surface area contributed by atoms with E-state index in [2.05, 4.69) is 6.07 Å². The van der Waals surface area contributed by atoms with Crippen LogP contribution < -0.4 is 51.4 Å². The Morgan fingerprint density at radius 1 is 1.18 bits per heavy atom. The van der Waals surface area contributed by atoms with E-state index in [1.54, 1.807) is 0 Å². The van der Waals surface area contributed by atoms with Crippen molar-refractivity contribution in [3.63, 3.8) is 0 Å². The normalized spacial score (nSPS) is 10.5. The summed E-state index contributed by atoms with van der Waals surface area (Å²) in [6, 6.07) is 7.14. The van der Waals surface area contributed by atoms with Gasteiger partial charge in [-0.2, -0.15) is 43.5 Å². The predicted molar refractivity (Wildman–Crippen MR) is 30.3 cm³/mol. The molecule has 0 spiro atoms. The van der Waals surface area contributed by atoms with E-state index >= 15 is 0 Å². The second kappa shape index (κ2) is 4.62. The molecule has 54 valence electrons. The van der Waals surface area contributed by atoms with Crippen LogP contribution in [0.1, 0.15) is 5.56 Å². The van der Waals surface area contributed by atoms with Crippen molar-refractivity contribution in [1.29, 1.82) is 0 Å². The van der Waals surface area contributed by atoms with Gasteiger partial charge in [0.2, 0.25) is 0 Å². The maximum Gasteiger partial charge on any atom is 1.00 e. The molecule has 0 aliphatic rings. The third kappa shape index (κ3) is 3.71. The van der Waals surface area contributed by atoms with Crippen molar-refractivity contribution < 1.29 is 64.6 Å². The van der Waals surface area contributed by atoms with E-state index in [1.165, 1.54) is 18.2 Å². The first-order chi connectivity index (χ1) is 4.61. The Hall–Kier alpha value is 0.646. The Labute approximate surface area is 105 Å². The Morgan fingerprint density at radius 2 is 1.82 bits per heavy atom. The maximum atomic E-state index is 11.8. The van der Waals surface area contributed by atoms with Crippen LogP contribution in [0.3, 0.4) is 0 Å². The quantitative estimate of drug-likeness (QED) is 0.377. The molecule has 4 heteroatoms. The Bertz CT molecular complexity index is 205. The molecule has 0 radical (unpaired) electrons. The minimum atomic E-state index is -4.26. The average Bonchev–Trinajstić information content (AvgIpc) is 1.88. The minimum absolute atomic E-state index is 0. The Morgan fingerprint density at radius 3 is 2.09 bits per heavy atom. The molecule has 0 saturated carbocycles. The van der Waals surface area contributed by atoms with E-state index in [-0.39, 0.29) is 51.4 Å². The molecule has 11 heavy (non-hydrogen) atoms. The van der Waals surface area contributed by atoms with Crippen molar-refractivity contribution in [2.45, 2.75) is 6.18 Å². The zero-order chi connectivity index (χ0) is 7.61. The number of halogens is 3. The van der Waals surface area contributed by atoms with Gasteiger partial charge in [-0.1, -0.05) is 5.56 Å². The first-order valence-corrected chi connectivity index (χ1v) is 2.64. The van der Waals surface area contributed by atoms with Crippen molar-refractivity contribution in [3.8, 4) is 0 Å². The van der Waals surface area contributed by atoms with Gasteiger partial charge in [-0.25, -0.2) is 0 Å². The molecule has 0 aliphatic heterocycles. The van der Waals surface area contributed by atoms with Crippen LogP contribution in [0.5, 0.6) is 0 Å². The Kier molecular flexibility index (Phi) is 4.89. The summed E-state index contributed by atoms with van der Waals surface area (Å²) in [6.07, 6.45) is -4.26. The summed E-state index contributed by atoms with van der Waals surface area (Å²) in [5.41, 5.74) is -0.727. The molecule has 1 rings (SSSR count). The molecule has 0 N–H and O–H groups in total. The summed E-state index contributed by atoms with van der Waals surface area (Å²) in [7, 11) is 0. The van der Waals surface area contributed by atoms with Crippen LogP contribution in [-0.4, -0.2) is 0 Å². The van der Waals surface area contributed by atoms with Gasteiger partial charge in [0, 0.05) is 0 Å². The molecule has 0 unspecified atom stereocenters. The van der Waals surface area contributed by atoms with E-state index in [4.69, 9.17) is 0 Å². The number of alkyl halides is 3. The average molecular weight is 184 g/mol. The van der Waals surface area contributed by atoms with Gasteiger partial charge < -0.3 is 0 Å². The predicted octanol–water partition coefficient (Wildman–Crippen LogP) is -0.490. The van der Waals surface area contributed by atoms with Crippen LogP contribution in [0.2, 0.25) is 0 Å². The third-order valence-electron chi connectivity index (χ3n) is 1.01. The van der Waals surface area contributed by atoms with E-state index < -0.39 is 11.7 Å². The molecular formula is C7H4F3K. The second-order valence-corrected chi connectivity index (χ2v) is 1.77. The largest absolute Gasteiger partial charge is 1.00 e. The van der Waals surface area contributed by atoms with Gasteiger partial charge in [-0.3, -0.25) is 0 Å². The number of hydrogen-bond donors (Lipinski definition) is 0. The van der Waals surface area contributed by atoms with E-state index in [0.29, 0.717) is 0 Å².